The molecule has 3 rings (SSSR count). The lowest BCUT2D eigenvalue weighted by atomic mass is 10.1. The standard InChI is InChI=1S/C22H21ClN2O4/c1-27-20-8-5-15(10-17(20)13-25-14-18(23)12-24-25)4-7-19(26)16-6-9-21(28-2)22(11-16)29-3/h4-12,14H,13H2,1-3H3/b7-4+. The van der Waals surface area contributed by atoms with E-state index in [-0.39, 0.29) is 5.78 Å². The van der Waals surface area contributed by atoms with Crippen LogP contribution in [0.25, 0.3) is 6.08 Å². The molecule has 0 bridgehead atoms. The molecule has 6 nitrogen and oxygen atoms in total. The molecule has 150 valence electrons. The molecule has 1 heterocycles. The van der Waals surface area contributed by atoms with Gasteiger partial charge in [-0.15, -0.1) is 0 Å². The van der Waals surface area contributed by atoms with Crippen LogP contribution in [0.1, 0.15) is 21.5 Å². The van der Waals surface area contributed by atoms with Gasteiger partial charge in [0.25, 0.3) is 0 Å². The molecule has 2 aromatic carbocycles. The minimum atomic E-state index is -0.137. The second-order valence-electron chi connectivity index (χ2n) is 6.19. The summed E-state index contributed by atoms with van der Waals surface area (Å²) < 4.78 is 17.6. The van der Waals surface area contributed by atoms with Gasteiger partial charge in [-0.1, -0.05) is 23.7 Å². The summed E-state index contributed by atoms with van der Waals surface area (Å²) >= 11 is 5.93. The Morgan fingerprint density at radius 2 is 1.76 bits per heavy atom. The van der Waals surface area contributed by atoms with Crippen LogP contribution in [0.4, 0.5) is 0 Å². The summed E-state index contributed by atoms with van der Waals surface area (Å²) in [6.45, 7) is 0.501. The maximum Gasteiger partial charge on any atom is 0.185 e. The van der Waals surface area contributed by atoms with Crippen LogP contribution < -0.4 is 14.2 Å². The molecule has 7 heteroatoms. The highest BCUT2D eigenvalue weighted by Gasteiger charge is 2.09. The molecule has 0 N–H and O–H groups in total. The van der Waals surface area contributed by atoms with Gasteiger partial charge in [-0.25, -0.2) is 0 Å². The smallest absolute Gasteiger partial charge is 0.185 e. The van der Waals surface area contributed by atoms with Crippen LogP contribution in [0.5, 0.6) is 17.2 Å². The van der Waals surface area contributed by atoms with Crippen LogP contribution in [0.3, 0.4) is 0 Å². The van der Waals surface area contributed by atoms with Crippen molar-refractivity contribution in [1.29, 1.82) is 0 Å². The topological polar surface area (TPSA) is 62.6 Å². The van der Waals surface area contributed by atoms with Gasteiger partial charge in [0, 0.05) is 17.3 Å². The normalized spacial score (nSPS) is 10.9. The lowest BCUT2D eigenvalue weighted by Crippen LogP contribution is -2.02. The van der Waals surface area contributed by atoms with E-state index in [0.29, 0.717) is 28.6 Å². The molecule has 0 fully saturated rings. The molecule has 0 aliphatic rings. The van der Waals surface area contributed by atoms with Crippen LogP contribution in [-0.4, -0.2) is 36.9 Å². The molecule has 0 aliphatic carbocycles. The fourth-order valence-electron chi connectivity index (χ4n) is 2.88. The van der Waals surface area contributed by atoms with Crippen molar-refractivity contribution in [2.24, 2.45) is 0 Å². The number of ether oxygens (including phenoxy) is 3. The molecule has 0 amide bonds. The first-order valence-corrected chi connectivity index (χ1v) is 9.21. The van der Waals surface area contributed by atoms with Gasteiger partial charge in [0.1, 0.15) is 5.75 Å². The maximum absolute atomic E-state index is 12.6. The minimum Gasteiger partial charge on any atom is -0.496 e. The Hall–Kier alpha value is -3.25. The van der Waals surface area contributed by atoms with Crippen molar-refractivity contribution in [2.75, 3.05) is 21.3 Å². The molecule has 0 atom stereocenters. The van der Waals surface area contributed by atoms with Gasteiger partial charge in [0.15, 0.2) is 17.3 Å². The quantitative estimate of drug-likeness (QED) is 0.402. The Kier molecular flexibility index (Phi) is 6.57. The number of halogens is 1. The molecular weight excluding hydrogens is 392 g/mol. The number of aromatic nitrogens is 2. The van der Waals surface area contributed by atoms with Gasteiger partial charge >= 0.3 is 0 Å². The number of hydrogen-bond donors (Lipinski definition) is 0. The van der Waals surface area contributed by atoms with Crippen LogP contribution in [0.15, 0.2) is 54.9 Å². The van der Waals surface area contributed by atoms with Crippen molar-refractivity contribution in [3.05, 3.63) is 76.6 Å². The second-order valence-corrected chi connectivity index (χ2v) is 6.63. The highest BCUT2D eigenvalue weighted by molar-refractivity contribution is 6.30. The zero-order valence-corrected chi connectivity index (χ0v) is 17.1. The number of methoxy groups -OCH3 is 3. The van der Waals surface area contributed by atoms with Gasteiger partial charge in [-0.2, -0.15) is 5.10 Å². The number of carbonyl (C=O) groups is 1. The zero-order valence-electron chi connectivity index (χ0n) is 16.4. The third kappa shape index (κ3) is 4.97. The summed E-state index contributed by atoms with van der Waals surface area (Å²) in [6, 6.07) is 10.8. The van der Waals surface area contributed by atoms with E-state index < -0.39 is 0 Å². The number of benzene rings is 2. The van der Waals surface area contributed by atoms with E-state index in [1.54, 1.807) is 55.6 Å². The van der Waals surface area contributed by atoms with E-state index in [2.05, 4.69) is 5.10 Å². The first-order chi connectivity index (χ1) is 14.0. The molecule has 0 radical (unpaired) electrons. The molecule has 0 saturated carbocycles. The highest BCUT2D eigenvalue weighted by atomic mass is 35.5. The first-order valence-electron chi connectivity index (χ1n) is 8.83. The van der Waals surface area contributed by atoms with Crippen LogP contribution in [0, 0.1) is 0 Å². The van der Waals surface area contributed by atoms with E-state index in [1.165, 1.54) is 13.2 Å². The van der Waals surface area contributed by atoms with Crippen LogP contribution in [0.2, 0.25) is 5.02 Å². The summed E-state index contributed by atoms with van der Waals surface area (Å²) in [5, 5.41) is 4.77. The van der Waals surface area contributed by atoms with Crippen LogP contribution in [-0.2, 0) is 6.54 Å². The van der Waals surface area contributed by atoms with Crippen molar-refractivity contribution in [2.45, 2.75) is 6.54 Å². The Labute approximate surface area is 174 Å². The second kappa shape index (κ2) is 9.30. The van der Waals surface area contributed by atoms with Crippen molar-refractivity contribution >= 4 is 23.5 Å². The molecule has 1 aromatic heterocycles. The average molecular weight is 413 g/mol. The Morgan fingerprint density at radius 3 is 2.41 bits per heavy atom. The average Bonchev–Trinajstić information content (AvgIpc) is 3.16. The fourth-order valence-corrected chi connectivity index (χ4v) is 3.04. The summed E-state index contributed by atoms with van der Waals surface area (Å²) in [7, 11) is 4.70. The first kappa shape index (κ1) is 20.5. The SMILES string of the molecule is COc1ccc(/C=C/C(=O)c2ccc(OC)c(OC)c2)cc1Cn1cc(Cl)cn1. The van der Waals surface area contributed by atoms with Gasteiger partial charge in [-0.05, 0) is 42.0 Å². The number of ketones is 1. The van der Waals surface area contributed by atoms with Crippen LogP contribution >= 0.6 is 11.6 Å². The predicted molar refractivity (Wildman–Crippen MR) is 112 cm³/mol. The van der Waals surface area contributed by atoms with E-state index in [9.17, 15) is 4.79 Å². The third-order valence-electron chi connectivity index (χ3n) is 4.33. The van der Waals surface area contributed by atoms with Crippen molar-refractivity contribution in [1.82, 2.24) is 9.78 Å². The largest absolute Gasteiger partial charge is 0.496 e. The van der Waals surface area contributed by atoms with Crippen molar-refractivity contribution in [3.63, 3.8) is 0 Å². The van der Waals surface area contributed by atoms with E-state index in [1.807, 2.05) is 18.2 Å². The Bertz CT molecular complexity index is 1040. The van der Waals surface area contributed by atoms with Gasteiger partial charge in [0.2, 0.25) is 0 Å². The molecule has 0 unspecified atom stereocenters. The summed E-state index contributed by atoms with van der Waals surface area (Å²) in [5.41, 5.74) is 2.31. The summed E-state index contributed by atoms with van der Waals surface area (Å²) in [6.07, 6.45) is 6.61. The lowest BCUT2D eigenvalue weighted by Gasteiger charge is -2.10. The minimum absolute atomic E-state index is 0.137. The highest BCUT2D eigenvalue weighted by Crippen LogP contribution is 2.28. The number of allylic oxidation sites excluding steroid dienone is 1. The monoisotopic (exact) mass is 412 g/mol. The van der Waals surface area contributed by atoms with E-state index >= 15 is 0 Å². The molecule has 0 spiro atoms. The Morgan fingerprint density at radius 1 is 1.03 bits per heavy atom. The van der Waals surface area contributed by atoms with Crippen molar-refractivity contribution < 1.29 is 19.0 Å². The Balaban J connectivity index is 1.81. The number of rotatable bonds is 8. The summed E-state index contributed by atoms with van der Waals surface area (Å²) in [4.78, 5) is 12.6. The van der Waals surface area contributed by atoms with Gasteiger partial charge in [-0.3, -0.25) is 9.48 Å². The van der Waals surface area contributed by atoms with Gasteiger partial charge in [0.05, 0.1) is 39.1 Å². The fraction of sp³-hybridized carbons (Fsp3) is 0.182. The predicted octanol–water partition coefficient (Wildman–Crippen LogP) is 4.51. The third-order valence-corrected chi connectivity index (χ3v) is 4.53. The number of hydrogen-bond acceptors (Lipinski definition) is 5. The molecule has 0 aliphatic heterocycles. The number of carbonyl (C=O) groups excluding carboxylic acids is 1. The molecular formula is C22H21ClN2O4. The van der Waals surface area contributed by atoms with Crippen molar-refractivity contribution in [3.8, 4) is 17.2 Å². The van der Waals surface area contributed by atoms with Gasteiger partial charge < -0.3 is 14.2 Å². The zero-order chi connectivity index (χ0) is 20.8. The molecule has 3 aromatic rings. The van der Waals surface area contributed by atoms with E-state index in [0.717, 1.165) is 16.9 Å². The number of nitrogens with zero attached hydrogens (tertiary/aromatic N) is 2. The molecule has 0 saturated heterocycles. The molecule has 29 heavy (non-hydrogen) atoms. The van der Waals surface area contributed by atoms with E-state index in [4.69, 9.17) is 25.8 Å². The lowest BCUT2D eigenvalue weighted by molar-refractivity contribution is 0.104. The summed E-state index contributed by atoms with van der Waals surface area (Å²) in [5.74, 6) is 1.69. The maximum atomic E-state index is 12.6.